The molecule has 8 heteroatoms. The Balaban J connectivity index is 1.75. The summed E-state index contributed by atoms with van der Waals surface area (Å²) in [6, 6.07) is 12.1. The van der Waals surface area contributed by atoms with Crippen molar-refractivity contribution in [3.63, 3.8) is 0 Å². The first-order valence-corrected chi connectivity index (χ1v) is 8.65. The number of alkyl halides is 1. The number of rotatable bonds is 6. The summed E-state index contributed by atoms with van der Waals surface area (Å²) in [6.45, 7) is 1.65. The van der Waals surface area contributed by atoms with Gasteiger partial charge in [-0.1, -0.05) is 23.7 Å². The molecule has 2 aromatic carbocycles. The summed E-state index contributed by atoms with van der Waals surface area (Å²) in [6.07, 6.45) is 0. The van der Waals surface area contributed by atoms with Gasteiger partial charge in [0.2, 0.25) is 11.5 Å². The molecular formula is C19H18ClNO6. The van der Waals surface area contributed by atoms with Crippen LogP contribution >= 0.6 is 11.6 Å². The standard InChI is InChI=1S/C19H18ClNO6/c1-12(22)21(9-13-2-5-15(6-3-13)25-11-19(23)24)14-4-7-16-17(8-14)26-10-18(20)27-16/h2-8,18H,9-11H2,1H3,(H,23,24). The van der Waals surface area contributed by atoms with E-state index in [2.05, 4.69) is 0 Å². The highest BCUT2D eigenvalue weighted by molar-refractivity contribution is 6.20. The van der Waals surface area contributed by atoms with E-state index in [0.29, 0.717) is 29.5 Å². The lowest BCUT2D eigenvalue weighted by Crippen LogP contribution is -2.28. The second-order valence-electron chi connectivity index (χ2n) is 5.90. The van der Waals surface area contributed by atoms with Gasteiger partial charge >= 0.3 is 5.97 Å². The first-order chi connectivity index (χ1) is 12.9. The van der Waals surface area contributed by atoms with Gasteiger partial charge in [0.05, 0.1) is 6.54 Å². The second kappa shape index (κ2) is 8.18. The number of carbonyl (C=O) groups is 2. The van der Waals surface area contributed by atoms with Gasteiger partial charge < -0.3 is 24.2 Å². The minimum Gasteiger partial charge on any atom is -0.484 e. The molecule has 1 N–H and O–H groups in total. The molecule has 0 aromatic heterocycles. The Bertz CT molecular complexity index is 839. The van der Waals surface area contributed by atoms with Crippen molar-refractivity contribution >= 4 is 29.2 Å². The molecule has 0 spiro atoms. The Morgan fingerprint density at radius 2 is 1.96 bits per heavy atom. The fourth-order valence-corrected chi connectivity index (χ4v) is 2.76. The monoisotopic (exact) mass is 391 g/mol. The molecule has 0 saturated carbocycles. The molecule has 0 aliphatic carbocycles. The van der Waals surface area contributed by atoms with Crippen LogP contribution in [0.5, 0.6) is 17.2 Å². The maximum absolute atomic E-state index is 12.2. The van der Waals surface area contributed by atoms with Crippen LogP contribution in [-0.2, 0) is 16.1 Å². The van der Waals surface area contributed by atoms with Gasteiger partial charge in [0.25, 0.3) is 0 Å². The molecule has 0 radical (unpaired) electrons. The van der Waals surface area contributed by atoms with Crippen LogP contribution in [0.2, 0.25) is 0 Å². The van der Waals surface area contributed by atoms with E-state index < -0.39 is 18.1 Å². The molecule has 142 valence electrons. The zero-order valence-corrected chi connectivity index (χ0v) is 15.3. The number of fused-ring (bicyclic) bond motifs is 1. The maximum atomic E-state index is 12.2. The number of nitrogens with zero attached hydrogens (tertiary/aromatic N) is 1. The second-order valence-corrected chi connectivity index (χ2v) is 6.39. The first kappa shape index (κ1) is 18.8. The van der Waals surface area contributed by atoms with Crippen LogP contribution in [-0.4, -0.2) is 35.8 Å². The zero-order chi connectivity index (χ0) is 19.4. The number of carboxylic acid groups (broad SMARTS) is 1. The van der Waals surface area contributed by atoms with E-state index >= 15 is 0 Å². The summed E-state index contributed by atoms with van der Waals surface area (Å²) in [7, 11) is 0. The number of amides is 1. The minimum atomic E-state index is -1.04. The fraction of sp³-hybridized carbons (Fsp3) is 0.263. The predicted molar refractivity (Wildman–Crippen MR) is 98.6 cm³/mol. The van der Waals surface area contributed by atoms with Crippen molar-refractivity contribution in [2.45, 2.75) is 19.0 Å². The van der Waals surface area contributed by atoms with Crippen LogP contribution in [0.25, 0.3) is 0 Å². The van der Waals surface area contributed by atoms with Crippen LogP contribution in [0.3, 0.4) is 0 Å². The third kappa shape index (κ3) is 4.83. The molecule has 1 unspecified atom stereocenters. The SMILES string of the molecule is CC(=O)N(Cc1ccc(OCC(=O)O)cc1)c1ccc2c(c1)OCC(Cl)O2. The number of hydrogen-bond donors (Lipinski definition) is 1. The molecule has 1 amide bonds. The molecule has 2 aromatic rings. The molecule has 0 fully saturated rings. The zero-order valence-electron chi connectivity index (χ0n) is 14.6. The molecular weight excluding hydrogens is 374 g/mol. The van der Waals surface area contributed by atoms with Crippen molar-refractivity contribution in [2.75, 3.05) is 18.1 Å². The third-order valence-electron chi connectivity index (χ3n) is 3.87. The number of halogens is 1. The molecule has 1 aliphatic rings. The van der Waals surface area contributed by atoms with E-state index in [1.165, 1.54) is 6.92 Å². The lowest BCUT2D eigenvalue weighted by atomic mass is 10.1. The summed E-state index contributed by atoms with van der Waals surface area (Å²) in [5, 5.41) is 8.64. The highest BCUT2D eigenvalue weighted by Crippen LogP contribution is 2.36. The number of ether oxygens (including phenoxy) is 3. The quantitative estimate of drug-likeness (QED) is 0.762. The minimum absolute atomic E-state index is 0.131. The molecule has 7 nitrogen and oxygen atoms in total. The molecule has 3 rings (SSSR count). The van der Waals surface area contributed by atoms with Gasteiger partial charge in [0.15, 0.2) is 18.1 Å². The highest BCUT2D eigenvalue weighted by Gasteiger charge is 2.21. The van der Waals surface area contributed by atoms with E-state index in [4.69, 9.17) is 30.9 Å². The highest BCUT2D eigenvalue weighted by atomic mass is 35.5. The third-order valence-corrected chi connectivity index (χ3v) is 4.09. The van der Waals surface area contributed by atoms with Crippen LogP contribution in [0.4, 0.5) is 5.69 Å². The Morgan fingerprint density at radius 1 is 1.22 bits per heavy atom. The van der Waals surface area contributed by atoms with Crippen LogP contribution in [0, 0.1) is 0 Å². The number of benzene rings is 2. The summed E-state index contributed by atoms with van der Waals surface area (Å²) in [5.74, 6) is 0.348. The van der Waals surface area contributed by atoms with Gasteiger partial charge in [-0.25, -0.2) is 4.79 Å². The average molecular weight is 392 g/mol. The molecule has 0 saturated heterocycles. The van der Waals surface area contributed by atoms with Gasteiger partial charge in [-0.15, -0.1) is 0 Å². The van der Waals surface area contributed by atoms with Crippen molar-refractivity contribution < 1.29 is 28.9 Å². The van der Waals surface area contributed by atoms with Gasteiger partial charge in [0, 0.05) is 18.7 Å². The maximum Gasteiger partial charge on any atom is 0.341 e. The lowest BCUT2D eigenvalue weighted by molar-refractivity contribution is -0.139. The Kier molecular flexibility index (Phi) is 5.71. The number of aliphatic carboxylic acids is 1. The molecule has 27 heavy (non-hydrogen) atoms. The topological polar surface area (TPSA) is 85.3 Å². The van der Waals surface area contributed by atoms with Crippen molar-refractivity contribution in [3.8, 4) is 17.2 Å². The molecule has 1 heterocycles. The van der Waals surface area contributed by atoms with Gasteiger partial charge in [-0.05, 0) is 29.8 Å². The Morgan fingerprint density at radius 3 is 2.63 bits per heavy atom. The van der Waals surface area contributed by atoms with Gasteiger partial charge in [0.1, 0.15) is 12.4 Å². The number of hydrogen-bond acceptors (Lipinski definition) is 5. The van der Waals surface area contributed by atoms with E-state index in [-0.39, 0.29) is 12.5 Å². The molecule has 1 aliphatic heterocycles. The van der Waals surface area contributed by atoms with Crippen LogP contribution < -0.4 is 19.1 Å². The smallest absolute Gasteiger partial charge is 0.341 e. The largest absolute Gasteiger partial charge is 0.484 e. The van der Waals surface area contributed by atoms with Gasteiger partial charge in [-0.2, -0.15) is 0 Å². The van der Waals surface area contributed by atoms with E-state index in [1.807, 2.05) is 0 Å². The summed E-state index contributed by atoms with van der Waals surface area (Å²) in [5.41, 5.74) is 1.00. The van der Waals surface area contributed by atoms with Crippen molar-refractivity contribution in [1.29, 1.82) is 0 Å². The number of anilines is 1. The summed E-state index contributed by atoms with van der Waals surface area (Å²) >= 11 is 5.90. The Labute approximate surface area is 161 Å². The molecule has 1 atom stereocenters. The van der Waals surface area contributed by atoms with E-state index in [9.17, 15) is 9.59 Å². The van der Waals surface area contributed by atoms with E-state index in [1.54, 1.807) is 47.4 Å². The molecule has 0 bridgehead atoms. The van der Waals surface area contributed by atoms with E-state index in [0.717, 1.165) is 5.56 Å². The first-order valence-electron chi connectivity index (χ1n) is 8.21. The van der Waals surface area contributed by atoms with Gasteiger partial charge in [-0.3, -0.25) is 4.79 Å². The van der Waals surface area contributed by atoms with Crippen molar-refractivity contribution in [3.05, 3.63) is 48.0 Å². The predicted octanol–water partition coefficient (Wildman–Crippen LogP) is 3.04. The number of carbonyl (C=O) groups excluding carboxylic acids is 1. The summed E-state index contributed by atoms with van der Waals surface area (Å²) < 4.78 is 16.1. The number of carboxylic acids is 1. The fourth-order valence-electron chi connectivity index (χ4n) is 2.61. The van der Waals surface area contributed by atoms with Crippen LogP contribution in [0.1, 0.15) is 12.5 Å². The average Bonchev–Trinajstić information content (AvgIpc) is 2.64. The Hall–Kier alpha value is -2.93. The van der Waals surface area contributed by atoms with Crippen molar-refractivity contribution in [1.82, 2.24) is 0 Å². The summed E-state index contributed by atoms with van der Waals surface area (Å²) in [4.78, 5) is 24.3. The van der Waals surface area contributed by atoms with Crippen molar-refractivity contribution in [2.24, 2.45) is 0 Å². The van der Waals surface area contributed by atoms with Crippen LogP contribution in [0.15, 0.2) is 42.5 Å². The normalized spacial score (nSPS) is 15.1. The lowest BCUT2D eigenvalue weighted by Gasteiger charge is -2.26.